The molecule has 0 unspecified atom stereocenters. The molecule has 2 amide bonds. The van der Waals surface area contributed by atoms with E-state index in [1.54, 1.807) is 21.9 Å². The third-order valence-electron chi connectivity index (χ3n) is 6.71. The van der Waals surface area contributed by atoms with E-state index in [9.17, 15) is 18.8 Å². The number of benzene rings is 1. The number of aromatic amines is 1. The van der Waals surface area contributed by atoms with Crippen LogP contribution < -0.4 is 5.56 Å². The van der Waals surface area contributed by atoms with Gasteiger partial charge in [-0.1, -0.05) is 12.1 Å². The number of likely N-dealkylation sites (tertiary alicyclic amines) is 1. The first kappa shape index (κ1) is 20.8. The molecule has 168 valence electrons. The third-order valence-corrected chi connectivity index (χ3v) is 6.71. The maximum atomic E-state index is 13.5. The average Bonchev–Trinajstić information content (AvgIpc) is 3.64. The molecule has 2 aromatic rings. The first-order valence-electron chi connectivity index (χ1n) is 11.4. The van der Waals surface area contributed by atoms with Gasteiger partial charge < -0.3 is 14.8 Å². The van der Waals surface area contributed by atoms with Crippen molar-refractivity contribution in [3.63, 3.8) is 0 Å². The molecule has 0 spiro atoms. The first-order valence-corrected chi connectivity index (χ1v) is 11.4. The van der Waals surface area contributed by atoms with Crippen LogP contribution in [0.15, 0.2) is 29.1 Å². The number of nitrogens with one attached hydrogen (secondary N) is 1. The Labute approximate surface area is 185 Å². The molecular formula is C24H27FN4O3. The van der Waals surface area contributed by atoms with Crippen molar-refractivity contribution < 1.29 is 14.0 Å². The highest BCUT2D eigenvalue weighted by atomic mass is 19.1. The van der Waals surface area contributed by atoms with Gasteiger partial charge in [0, 0.05) is 25.4 Å². The van der Waals surface area contributed by atoms with E-state index in [1.165, 1.54) is 12.1 Å². The number of carbonyl (C=O) groups excluding carboxylic acids is 2. The highest BCUT2D eigenvalue weighted by Crippen LogP contribution is 2.33. The Morgan fingerprint density at radius 2 is 2.00 bits per heavy atom. The van der Waals surface area contributed by atoms with Crippen molar-refractivity contribution in [2.45, 2.75) is 57.5 Å². The Bertz CT molecular complexity index is 1110. The highest BCUT2D eigenvalue weighted by molar-refractivity contribution is 5.81. The van der Waals surface area contributed by atoms with Crippen LogP contribution in [0.5, 0.6) is 0 Å². The van der Waals surface area contributed by atoms with E-state index in [4.69, 9.17) is 4.98 Å². The lowest BCUT2D eigenvalue weighted by atomic mass is 9.99. The van der Waals surface area contributed by atoms with Gasteiger partial charge in [0.1, 0.15) is 11.6 Å². The maximum absolute atomic E-state index is 13.5. The van der Waals surface area contributed by atoms with E-state index in [2.05, 4.69) is 4.98 Å². The Morgan fingerprint density at radius 3 is 2.78 bits per heavy atom. The molecule has 8 heteroatoms. The molecule has 3 heterocycles. The van der Waals surface area contributed by atoms with Gasteiger partial charge >= 0.3 is 0 Å². The van der Waals surface area contributed by atoms with Crippen LogP contribution >= 0.6 is 0 Å². The normalized spacial score (nSPS) is 20.7. The van der Waals surface area contributed by atoms with Gasteiger partial charge in [0.2, 0.25) is 11.8 Å². The molecule has 1 aromatic carbocycles. The number of nitrogens with zero attached hydrogens (tertiary/aromatic N) is 3. The molecule has 2 fully saturated rings. The van der Waals surface area contributed by atoms with Gasteiger partial charge in [-0.15, -0.1) is 0 Å². The average molecular weight is 439 g/mol. The molecule has 1 N–H and O–H groups in total. The smallest absolute Gasteiger partial charge is 0.256 e. The van der Waals surface area contributed by atoms with Crippen LogP contribution in [0.3, 0.4) is 0 Å². The fourth-order valence-electron chi connectivity index (χ4n) is 4.82. The van der Waals surface area contributed by atoms with E-state index >= 15 is 0 Å². The zero-order valence-electron chi connectivity index (χ0n) is 18.0. The van der Waals surface area contributed by atoms with E-state index in [0.29, 0.717) is 43.0 Å². The molecule has 0 radical (unpaired) electrons. The maximum Gasteiger partial charge on any atom is 0.256 e. The Kier molecular flexibility index (Phi) is 5.53. The van der Waals surface area contributed by atoms with Gasteiger partial charge in [-0.2, -0.15) is 0 Å². The lowest BCUT2D eigenvalue weighted by Gasteiger charge is -2.36. The number of hydrogen-bond donors (Lipinski definition) is 1. The number of halogens is 1. The zero-order valence-corrected chi connectivity index (χ0v) is 18.0. The van der Waals surface area contributed by atoms with Crippen molar-refractivity contribution in [3.8, 4) is 0 Å². The minimum atomic E-state index is -0.361. The lowest BCUT2D eigenvalue weighted by Crippen LogP contribution is -2.43. The van der Waals surface area contributed by atoms with Crippen LogP contribution in [-0.2, 0) is 29.0 Å². The topological polar surface area (TPSA) is 86.4 Å². The Balaban J connectivity index is 1.37. The zero-order chi connectivity index (χ0) is 22.2. The van der Waals surface area contributed by atoms with Gasteiger partial charge in [0.25, 0.3) is 5.56 Å². The van der Waals surface area contributed by atoms with Gasteiger partial charge in [0.05, 0.1) is 30.3 Å². The van der Waals surface area contributed by atoms with E-state index in [0.717, 1.165) is 37.8 Å². The minimum absolute atomic E-state index is 0.0955. The molecule has 3 aliphatic rings. The molecule has 1 aliphatic carbocycles. The van der Waals surface area contributed by atoms with E-state index in [-0.39, 0.29) is 41.6 Å². The second-order valence-electron chi connectivity index (χ2n) is 9.07. The number of aromatic nitrogens is 2. The van der Waals surface area contributed by atoms with E-state index < -0.39 is 0 Å². The van der Waals surface area contributed by atoms with Gasteiger partial charge in [-0.25, -0.2) is 9.37 Å². The molecule has 2 aliphatic heterocycles. The number of fused-ring (bicyclic) bond motifs is 1. The van der Waals surface area contributed by atoms with Gasteiger partial charge in [-0.05, 0) is 49.8 Å². The summed E-state index contributed by atoms with van der Waals surface area (Å²) >= 11 is 0. The minimum Gasteiger partial charge on any atom is -0.337 e. The summed E-state index contributed by atoms with van der Waals surface area (Å²) in [5, 5.41) is 0. The van der Waals surface area contributed by atoms with Crippen molar-refractivity contribution in [1.29, 1.82) is 0 Å². The van der Waals surface area contributed by atoms with Crippen molar-refractivity contribution in [1.82, 2.24) is 19.8 Å². The standard InChI is InChI=1S/C24H27FN4O3/c25-17-5-3-4-15(12-17)13-21(30)29-10-2-1-6-20(29)22-26-19-9-11-28(24(32)16-7-8-16)14-18(19)23(31)27-22/h3-5,12,16,20H,1-2,6-11,13-14H2,(H,26,27,31)/t20-/m0/s1. The van der Waals surface area contributed by atoms with Crippen molar-refractivity contribution in [2.24, 2.45) is 5.92 Å². The summed E-state index contributed by atoms with van der Waals surface area (Å²) in [6.07, 6.45) is 5.10. The molecule has 1 aromatic heterocycles. The molecule has 0 bridgehead atoms. The largest absolute Gasteiger partial charge is 0.337 e. The summed E-state index contributed by atoms with van der Waals surface area (Å²) in [5.41, 5.74) is 1.70. The van der Waals surface area contributed by atoms with E-state index in [1.807, 2.05) is 0 Å². The van der Waals surface area contributed by atoms with Crippen molar-refractivity contribution >= 4 is 11.8 Å². The molecule has 32 heavy (non-hydrogen) atoms. The molecule has 1 atom stereocenters. The number of piperidine rings is 1. The Morgan fingerprint density at radius 1 is 1.16 bits per heavy atom. The predicted octanol–water partition coefficient (Wildman–Crippen LogP) is 2.50. The van der Waals surface area contributed by atoms with Crippen LogP contribution in [0.2, 0.25) is 0 Å². The summed E-state index contributed by atoms with van der Waals surface area (Å²) in [7, 11) is 0. The van der Waals surface area contributed by atoms with Crippen LogP contribution in [0.1, 0.15) is 60.8 Å². The molecule has 5 rings (SSSR count). The molecular weight excluding hydrogens is 411 g/mol. The predicted molar refractivity (Wildman–Crippen MR) is 115 cm³/mol. The monoisotopic (exact) mass is 438 g/mol. The summed E-state index contributed by atoms with van der Waals surface area (Å²) < 4.78 is 13.5. The van der Waals surface area contributed by atoms with Crippen LogP contribution in [0.4, 0.5) is 4.39 Å². The van der Waals surface area contributed by atoms with Crippen LogP contribution in [0, 0.1) is 11.7 Å². The van der Waals surface area contributed by atoms with Crippen LogP contribution in [-0.4, -0.2) is 44.7 Å². The Hall–Kier alpha value is -3.03. The summed E-state index contributed by atoms with van der Waals surface area (Å²) in [6, 6.07) is 5.79. The lowest BCUT2D eigenvalue weighted by molar-refractivity contribution is -0.135. The second-order valence-corrected chi connectivity index (χ2v) is 9.07. The second kappa shape index (κ2) is 8.48. The summed E-state index contributed by atoms with van der Waals surface area (Å²) in [5.74, 6) is 0.327. The molecule has 1 saturated heterocycles. The van der Waals surface area contributed by atoms with Crippen molar-refractivity contribution in [2.75, 3.05) is 13.1 Å². The molecule has 7 nitrogen and oxygen atoms in total. The highest BCUT2D eigenvalue weighted by Gasteiger charge is 2.36. The van der Waals surface area contributed by atoms with Gasteiger partial charge in [0.15, 0.2) is 0 Å². The third kappa shape index (κ3) is 4.18. The molecule has 1 saturated carbocycles. The van der Waals surface area contributed by atoms with Crippen molar-refractivity contribution in [3.05, 3.63) is 63.1 Å². The summed E-state index contributed by atoms with van der Waals surface area (Å²) in [4.78, 5) is 49.6. The number of carbonyl (C=O) groups is 2. The fraction of sp³-hybridized carbons (Fsp3) is 0.500. The number of H-pyrrole nitrogens is 1. The first-order chi connectivity index (χ1) is 15.5. The van der Waals surface area contributed by atoms with Crippen LogP contribution in [0.25, 0.3) is 0 Å². The summed E-state index contributed by atoms with van der Waals surface area (Å²) in [6.45, 7) is 1.47. The fourth-order valence-corrected chi connectivity index (χ4v) is 4.82. The van der Waals surface area contributed by atoms with Gasteiger partial charge in [-0.3, -0.25) is 14.4 Å². The SMILES string of the molecule is O=C(C1CC1)N1CCc2nc([C@@H]3CCCCN3C(=O)Cc3cccc(F)c3)[nH]c(=O)c2C1. The number of hydrogen-bond acceptors (Lipinski definition) is 4. The number of amides is 2. The number of rotatable bonds is 4. The quantitative estimate of drug-likeness (QED) is 0.795.